The number of nitrogens with zero attached hydrogens (tertiary/aromatic N) is 3. The van der Waals surface area contributed by atoms with Crippen LogP contribution in [0.2, 0.25) is 0 Å². The molecule has 1 N–H and O–H groups in total. The topological polar surface area (TPSA) is 85.9 Å². The third-order valence-corrected chi connectivity index (χ3v) is 4.43. The van der Waals surface area contributed by atoms with Gasteiger partial charge in [0.25, 0.3) is 5.56 Å². The van der Waals surface area contributed by atoms with Gasteiger partial charge in [0.05, 0.1) is 29.2 Å². The van der Waals surface area contributed by atoms with Gasteiger partial charge < -0.3 is 9.40 Å². The number of rotatable bonds is 3. The largest absolute Gasteiger partial charge is 0.461 e. The molecule has 1 aliphatic rings. The molecule has 4 rings (SSSR count). The van der Waals surface area contributed by atoms with Crippen molar-refractivity contribution in [3.63, 3.8) is 0 Å². The fourth-order valence-corrected chi connectivity index (χ4v) is 3.15. The van der Waals surface area contributed by atoms with Gasteiger partial charge in [-0.2, -0.15) is 5.26 Å². The van der Waals surface area contributed by atoms with Gasteiger partial charge in [-0.25, -0.2) is 4.98 Å². The molecular formula is C19H16N4O2. The third kappa shape index (κ3) is 2.97. The molecule has 0 radical (unpaired) electrons. The molecule has 2 aromatic heterocycles. The number of furan rings is 1. The minimum Gasteiger partial charge on any atom is -0.461 e. The number of aromatic amines is 1. The summed E-state index contributed by atoms with van der Waals surface area (Å²) in [6.45, 7) is 1.96. The predicted molar refractivity (Wildman–Crippen MR) is 91.5 cm³/mol. The molecule has 25 heavy (non-hydrogen) atoms. The van der Waals surface area contributed by atoms with Crippen molar-refractivity contribution in [2.45, 2.75) is 19.5 Å². The third-order valence-electron chi connectivity index (χ3n) is 4.43. The zero-order chi connectivity index (χ0) is 17.2. The summed E-state index contributed by atoms with van der Waals surface area (Å²) in [6, 6.07) is 13.3. The maximum atomic E-state index is 12.5. The van der Waals surface area contributed by atoms with Gasteiger partial charge in [-0.05, 0) is 23.8 Å². The number of H-pyrrole nitrogens is 1. The number of aromatic nitrogens is 2. The van der Waals surface area contributed by atoms with Crippen molar-refractivity contribution in [2.75, 3.05) is 6.54 Å². The van der Waals surface area contributed by atoms with Crippen molar-refractivity contribution in [2.24, 2.45) is 0 Å². The first-order valence-electron chi connectivity index (χ1n) is 8.11. The van der Waals surface area contributed by atoms with Crippen LogP contribution in [0.1, 0.15) is 22.4 Å². The number of hydrogen-bond donors (Lipinski definition) is 1. The van der Waals surface area contributed by atoms with E-state index >= 15 is 0 Å². The van der Waals surface area contributed by atoms with Crippen molar-refractivity contribution in [1.29, 1.82) is 5.26 Å². The molecule has 1 aliphatic heterocycles. The van der Waals surface area contributed by atoms with Gasteiger partial charge >= 0.3 is 0 Å². The Morgan fingerprint density at radius 1 is 1.28 bits per heavy atom. The van der Waals surface area contributed by atoms with E-state index in [9.17, 15) is 10.1 Å². The van der Waals surface area contributed by atoms with Crippen LogP contribution in [0, 0.1) is 11.3 Å². The molecule has 6 heteroatoms. The number of nitrogens with one attached hydrogen (secondary N) is 1. The summed E-state index contributed by atoms with van der Waals surface area (Å²) in [5.74, 6) is 1.03. The maximum absolute atomic E-state index is 12.5. The fourth-order valence-electron chi connectivity index (χ4n) is 3.15. The van der Waals surface area contributed by atoms with Crippen LogP contribution in [0.3, 0.4) is 0 Å². The van der Waals surface area contributed by atoms with Crippen molar-refractivity contribution in [3.8, 4) is 17.7 Å². The van der Waals surface area contributed by atoms with E-state index in [0.717, 1.165) is 17.8 Å². The standard InChI is InChI=1S/C19H16N4O2/c20-10-13-4-1-2-5-14(13)11-23-8-7-16-15(12-23)19(24)22-18(21-16)17-6-3-9-25-17/h1-6,9H,7-8,11-12H2,(H,21,22,24). The fraction of sp³-hybridized carbons (Fsp3) is 0.211. The molecule has 0 fully saturated rings. The highest BCUT2D eigenvalue weighted by molar-refractivity contribution is 5.47. The van der Waals surface area contributed by atoms with E-state index < -0.39 is 0 Å². The Morgan fingerprint density at radius 3 is 2.96 bits per heavy atom. The highest BCUT2D eigenvalue weighted by Crippen LogP contribution is 2.21. The number of fused-ring (bicyclic) bond motifs is 1. The van der Waals surface area contributed by atoms with Crippen LogP contribution in [0.15, 0.2) is 51.9 Å². The Hall–Kier alpha value is -3.17. The number of benzene rings is 1. The van der Waals surface area contributed by atoms with Crippen LogP contribution in [0.25, 0.3) is 11.6 Å². The van der Waals surface area contributed by atoms with Gasteiger partial charge in [-0.1, -0.05) is 18.2 Å². The summed E-state index contributed by atoms with van der Waals surface area (Å²) in [5.41, 5.74) is 3.03. The van der Waals surface area contributed by atoms with E-state index in [1.54, 1.807) is 18.4 Å². The van der Waals surface area contributed by atoms with Gasteiger partial charge in [0.15, 0.2) is 11.6 Å². The summed E-state index contributed by atoms with van der Waals surface area (Å²) in [6.07, 6.45) is 2.25. The smallest absolute Gasteiger partial charge is 0.256 e. The Kier molecular flexibility index (Phi) is 3.92. The second-order valence-electron chi connectivity index (χ2n) is 6.05. The highest BCUT2D eigenvalue weighted by Gasteiger charge is 2.22. The van der Waals surface area contributed by atoms with E-state index in [4.69, 9.17) is 4.42 Å². The zero-order valence-corrected chi connectivity index (χ0v) is 13.5. The molecule has 3 heterocycles. The van der Waals surface area contributed by atoms with Gasteiger partial charge in [0.1, 0.15) is 0 Å². The van der Waals surface area contributed by atoms with Crippen LogP contribution in [-0.4, -0.2) is 21.4 Å². The Balaban J connectivity index is 1.60. The summed E-state index contributed by atoms with van der Waals surface area (Å²) in [5, 5.41) is 9.23. The van der Waals surface area contributed by atoms with Gasteiger partial charge in [-0.3, -0.25) is 9.69 Å². The molecule has 0 saturated heterocycles. The molecule has 0 saturated carbocycles. The van der Waals surface area contributed by atoms with Crippen molar-refractivity contribution >= 4 is 0 Å². The lowest BCUT2D eigenvalue weighted by atomic mass is 10.0. The molecule has 0 amide bonds. The summed E-state index contributed by atoms with van der Waals surface area (Å²) < 4.78 is 5.32. The first-order chi connectivity index (χ1) is 12.2. The van der Waals surface area contributed by atoms with E-state index in [1.165, 1.54) is 0 Å². The number of hydrogen-bond acceptors (Lipinski definition) is 5. The average molecular weight is 332 g/mol. The molecule has 0 unspecified atom stereocenters. The summed E-state index contributed by atoms with van der Waals surface area (Å²) in [4.78, 5) is 22.0. The molecule has 6 nitrogen and oxygen atoms in total. The van der Waals surface area contributed by atoms with E-state index in [1.807, 2.05) is 24.3 Å². The van der Waals surface area contributed by atoms with Gasteiger partial charge in [0, 0.05) is 26.1 Å². The van der Waals surface area contributed by atoms with Gasteiger partial charge in [-0.15, -0.1) is 0 Å². The molecule has 0 bridgehead atoms. The van der Waals surface area contributed by atoms with Crippen molar-refractivity contribution < 1.29 is 4.42 Å². The van der Waals surface area contributed by atoms with E-state index in [2.05, 4.69) is 20.9 Å². The second-order valence-corrected chi connectivity index (χ2v) is 6.05. The molecular weight excluding hydrogens is 316 g/mol. The predicted octanol–water partition coefficient (Wildman–Crippen LogP) is 2.46. The molecule has 3 aromatic rings. The van der Waals surface area contributed by atoms with E-state index in [-0.39, 0.29) is 5.56 Å². The molecule has 0 spiro atoms. The second kappa shape index (κ2) is 6.38. The van der Waals surface area contributed by atoms with Crippen molar-refractivity contribution in [3.05, 3.63) is 75.4 Å². The van der Waals surface area contributed by atoms with E-state index in [0.29, 0.717) is 42.2 Å². The lowest BCUT2D eigenvalue weighted by Gasteiger charge is -2.27. The first kappa shape index (κ1) is 15.4. The van der Waals surface area contributed by atoms with Crippen LogP contribution >= 0.6 is 0 Å². The normalized spacial score (nSPS) is 14.0. The van der Waals surface area contributed by atoms with Crippen molar-refractivity contribution in [1.82, 2.24) is 14.9 Å². The van der Waals surface area contributed by atoms with Gasteiger partial charge in [0.2, 0.25) is 0 Å². The number of nitriles is 1. The maximum Gasteiger partial charge on any atom is 0.256 e. The Labute approximate surface area is 144 Å². The average Bonchev–Trinajstić information content (AvgIpc) is 3.17. The zero-order valence-electron chi connectivity index (χ0n) is 13.5. The van der Waals surface area contributed by atoms with Crippen LogP contribution in [0.5, 0.6) is 0 Å². The molecule has 124 valence electrons. The molecule has 0 atom stereocenters. The van der Waals surface area contributed by atoms with Crippen LogP contribution in [-0.2, 0) is 19.5 Å². The minimum atomic E-state index is -0.130. The Bertz CT molecular complexity index is 999. The molecule has 1 aromatic carbocycles. The van der Waals surface area contributed by atoms with Crippen LogP contribution in [0.4, 0.5) is 0 Å². The summed E-state index contributed by atoms with van der Waals surface area (Å²) in [7, 11) is 0. The SMILES string of the molecule is N#Cc1ccccc1CN1CCc2nc(-c3ccco3)[nH]c(=O)c2C1. The monoisotopic (exact) mass is 332 g/mol. The summed E-state index contributed by atoms with van der Waals surface area (Å²) >= 11 is 0. The lowest BCUT2D eigenvalue weighted by Crippen LogP contribution is -2.35. The van der Waals surface area contributed by atoms with Crippen LogP contribution < -0.4 is 5.56 Å². The Morgan fingerprint density at radius 2 is 2.16 bits per heavy atom. The highest BCUT2D eigenvalue weighted by atomic mass is 16.3. The first-order valence-corrected chi connectivity index (χ1v) is 8.11. The lowest BCUT2D eigenvalue weighted by molar-refractivity contribution is 0.241. The quantitative estimate of drug-likeness (QED) is 0.796. The molecule has 0 aliphatic carbocycles. The minimum absolute atomic E-state index is 0.130.